The highest BCUT2D eigenvalue weighted by Crippen LogP contribution is 2.15. The van der Waals surface area contributed by atoms with Crippen LogP contribution in [0.15, 0.2) is 41.3 Å². The first kappa shape index (κ1) is 14.3. The Hall–Kier alpha value is -2.15. The van der Waals surface area contributed by atoms with E-state index >= 15 is 0 Å². The van der Waals surface area contributed by atoms with E-state index in [1.54, 1.807) is 24.3 Å². The van der Waals surface area contributed by atoms with Gasteiger partial charge in [-0.2, -0.15) is 0 Å². The fourth-order valence-electron chi connectivity index (χ4n) is 1.70. The van der Waals surface area contributed by atoms with Gasteiger partial charge in [0.2, 0.25) is 0 Å². The average molecular weight is 338 g/mol. The minimum Gasteiger partial charge on any atom is -0.480 e. The van der Waals surface area contributed by atoms with Crippen molar-refractivity contribution in [2.24, 2.45) is 0 Å². The lowest BCUT2D eigenvalue weighted by atomic mass is 10.1. The fourth-order valence-corrected chi connectivity index (χ4v) is 2.16. The van der Waals surface area contributed by atoms with Gasteiger partial charge >= 0.3 is 5.97 Å². The minimum atomic E-state index is -1.10. The average Bonchev–Trinajstić information content (AvgIpc) is 2.91. The van der Waals surface area contributed by atoms with Crippen LogP contribution in [0, 0.1) is 0 Å². The largest absolute Gasteiger partial charge is 0.480 e. The minimum absolute atomic E-state index is 0.144. The molecule has 0 aliphatic heterocycles. The van der Waals surface area contributed by atoms with Crippen molar-refractivity contribution in [2.75, 3.05) is 0 Å². The Bertz CT molecular complexity index is 613. The summed E-state index contributed by atoms with van der Waals surface area (Å²) in [5.41, 5.74) is 1.04. The zero-order valence-corrected chi connectivity index (χ0v) is 11.9. The van der Waals surface area contributed by atoms with Crippen LogP contribution in [0.25, 0.3) is 0 Å². The molecular formula is C13H12BrN3O3. The second kappa shape index (κ2) is 6.33. The number of aliphatic carboxylic acids is 1. The molecule has 0 saturated carbocycles. The monoisotopic (exact) mass is 337 g/mol. The van der Waals surface area contributed by atoms with Crippen molar-refractivity contribution in [3.63, 3.8) is 0 Å². The summed E-state index contributed by atoms with van der Waals surface area (Å²) < 4.78 is 0.614. The SMILES string of the molecule is O=C(N[C@@H](Cc1cnc[nH]1)C(=O)O)c1ccccc1Br. The number of amides is 1. The molecule has 1 atom stereocenters. The van der Waals surface area contributed by atoms with E-state index in [-0.39, 0.29) is 6.42 Å². The fraction of sp³-hybridized carbons (Fsp3) is 0.154. The van der Waals surface area contributed by atoms with Gasteiger partial charge in [0.15, 0.2) is 0 Å². The molecule has 1 aromatic heterocycles. The quantitative estimate of drug-likeness (QED) is 0.772. The number of aromatic nitrogens is 2. The number of benzene rings is 1. The lowest BCUT2D eigenvalue weighted by Gasteiger charge is -2.14. The Morgan fingerprint density at radius 1 is 1.40 bits per heavy atom. The number of carbonyl (C=O) groups excluding carboxylic acids is 1. The molecule has 3 N–H and O–H groups in total. The van der Waals surface area contributed by atoms with Crippen LogP contribution in [-0.4, -0.2) is 33.0 Å². The van der Waals surface area contributed by atoms with Gasteiger partial charge in [0.1, 0.15) is 6.04 Å². The van der Waals surface area contributed by atoms with E-state index in [0.29, 0.717) is 15.7 Å². The highest BCUT2D eigenvalue weighted by atomic mass is 79.9. The molecule has 7 heteroatoms. The Morgan fingerprint density at radius 3 is 2.75 bits per heavy atom. The van der Waals surface area contributed by atoms with Crippen molar-refractivity contribution < 1.29 is 14.7 Å². The molecule has 1 aromatic carbocycles. The summed E-state index contributed by atoms with van der Waals surface area (Å²) in [6.07, 6.45) is 3.13. The van der Waals surface area contributed by atoms with Gasteiger partial charge in [0.25, 0.3) is 5.91 Å². The zero-order chi connectivity index (χ0) is 14.5. The summed E-state index contributed by atoms with van der Waals surface area (Å²) in [5.74, 6) is -1.54. The summed E-state index contributed by atoms with van der Waals surface area (Å²) in [4.78, 5) is 29.9. The van der Waals surface area contributed by atoms with Gasteiger partial charge in [-0.05, 0) is 28.1 Å². The van der Waals surface area contributed by atoms with Crippen molar-refractivity contribution in [1.82, 2.24) is 15.3 Å². The van der Waals surface area contributed by atoms with E-state index < -0.39 is 17.9 Å². The van der Waals surface area contributed by atoms with E-state index in [1.807, 2.05) is 0 Å². The molecule has 0 radical (unpaired) electrons. The number of carboxylic acids is 1. The molecule has 6 nitrogen and oxygen atoms in total. The summed E-state index contributed by atoms with van der Waals surface area (Å²) in [7, 11) is 0. The van der Waals surface area contributed by atoms with Crippen LogP contribution >= 0.6 is 15.9 Å². The summed E-state index contributed by atoms with van der Waals surface area (Å²) in [6.45, 7) is 0. The normalized spacial score (nSPS) is 11.8. The third kappa shape index (κ3) is 3.45. The number of halogens is 1. The van der Waals surface area contributed by atoms with Gasteiger partial charge < -0.3 is 15.4 Å². The summed E-state index contributed by atoms with van der Waals surface area (Å²) >= 11 is 3.26. The van der Waals surface area contributed by atoms with Crippen LogP contribution in [-0.2, 0) is 11.2 Å². The number of imidazole rings is 1. The van der Waals surface area contributed by atoms with E-state index in [9.17, 15) is 14.7 Å². The van der Waals surface area contributed by atoms with Crippen LogP contribution in [0.5, 0.6) is 0 Å². The molecule has 20 heavy (non-hydrogen) atoms. The number of hydrogen-bond acceptors (Lipinski definition) is 3. The molecule has 2 rings (SSSR count). The number of carbonyl (C=O) groups is 2. The van der Waals surface area contributed by atoms with Crippen molar-refractivity contribution in [3.8, 4) is 0 Å². The smallest absolute Gasteiger partial charge is 0.326 e. The molecule has 0 bridgehead atoms. The zero-order valence-electron chi connectivity index (χ0n) is 10.3. The third-order valence-electron chi connectivity index (χ3n) is 2.70. The number of carboxylic acid groups (broad SMARTS) is 1. The lowest BCUT2D eigenvalue weighted by molar-refractivity contribution is -0.139. The topological polar surface area (TPSA) is 95.1 Å². The molecule has 0 fully saturated rings. The van der Waals surface area contributed by atoms with Gasteiger partial charge in [0, 0.05) is 22.8 Å². The highest BCUT2D eigenvalue weighted by Gasteiger charge is 2.22. The van der Waals surface area contributed by atoms with Crippen molar-refractivity contribution >= 4 is 27.8 Å². The van der Waals surface area contributed by atoms with Crippen molar-refractivity contribution in [1.29, 1.82) is 0 Å². The number of hydrogen-bond donors (Lipinski definition) is 3. The second-order valence-corrected chi connectivity index (χ2v) is 4.98. The molecule has 0 saturated heterocycles. The third-order valence-corrected chi connectivity index (χ3v) is 3.39. The Labute approximate surface area is 123 Å². The van der Waals surface area contributed by atoms with Gasteiger partial charge in [-0.1, -0.05) is 12.1 Å². The maximum atomic E-state index is 12.1. The summed E-state index contributed by atoms with van der Waals surface area (Å²) in [5, 5.41) is 11.7. The first-order chi connectivity index (χ1) is 9.58. The Balaban J connectivity index is 2.10. The molecule has 1 heterocycles. The molecule has 0 aliphatic carbocycles. The van der Waals surface area contributed by atoms with Crippen LogP contribution in [0.2, 0.25) is 0 Å². The predicted molar refractivity (Wildman–Crippen MR) is 75.3 cm³/mol. The molecule has 2 aromatic rings. The number of nitrogens with zero attached hydrogens (tertiary/aromatic N) is 1. The van der Waals surface area contributed by atoms with E-state index in [2.05, 4.69) is 31.2 Å². The molecule has 0 aliphatic rings. The van der Waals surface area contributed by atoms with Gasteiger partial charge in [-0.25, -0.2) is 9.78 Å². The van der Waals surface area contributed by atoms with E-state index in [1.165, 1.54) is 12.5 Å². The van der Waals surface area contributed by atoms with Crippen molar-refractivity contribution in [3.05, 3.63) is 52.5 Å². The van der Waals surface area contributed by atoms with E-state index in [0.717, 1.165) is 0 Å². The number of rotatable bonds is 5. The standard InChI is InChI=1S/C13H12BrN3O3/c14-10-4-2-1-3-9(10)12(18)17-11(13(19)20)5-8-6-15-7-16-8/h1-4,6-7,11H,5H2,(H,15,16)(H,17,18)(H,19,20)/t11-/m0/s1. The first-order valence-electron chi connectivity index (χ1n) is 5.83. The second-order valence-electron chi connectivity index (χ2n) is 4.13. The number of nitrogens with one attached hydrogen (secondary N) is 2. The number of H-pyrrole nitrogens is 1. The molecule has 1 amide bonds. The van der Waals surface area contributed by atoms with Crippen LogP contribution < -0.4 is 5.32 Å². The molecule has 104 valence electrons. The van der Waals surface area contributed by atoms with Gasteiger partial charge in [-0.15, -0.1) is 0 Å². The molecular weight excluding hydrogens is 326 g/mol. The first-order valence-corrected chi connectivity index (χ1v) is 6.62. The maximum Gasteiger partial charge on any atom is 0.326 e. The van der Waals surface area contributed by atoms with E-state index in [4.69, 9.17) is 0 Å². The number of aromatic amines is 1. The van der Waals surface area contributed by atoms with Crippen LogP contribution in [0.3, 0.4) is 0 Å². The lowest BCUT2D eigenvalue weighted by Crippen LogP contribution is -2.42. The highest BCUT2D eigenvalue weighted by molar-refractivity contribution is 9.10. The maximum absolute atomic E-state index is 12.1. The van der Waals surface area contributed by atoms with Gasteiger partial charge in [-0.3, -0.25) is 4.79 Å². The Kier molecular flexibility index (Phi) is 4.52. The van der Waals surface area contributed by atoms with Gasteiger partial charge in [0.05, 0.1) is 11.9 Å². The predicted octanol–water partition coefficient (Wildman–Crippen LogP) is 1.60. The van der Waals surface area contributed by atoms with Crippen LogP contribution in [0.1, 0.15) is 16.1 Å². The molecule has 0 unspecified atom stereocenters. The molecule has 0 spiro atoms. The van der Waals surface area contributed by atoms with Crippen molar-refractivity contribution in [2.45, 2.75) is 12.5 Å². The Morgan fingerprint density at radius 2 is 2.15 bits per heavy atom. The van der Waals surface area contributed by atoms with Crippen LogP contribution in [0.4, 0.5) is 0 Å². The summed E-state index contributed by atoms with van der Waals surface area (Å²) in [6, 6.07) is 5.81.